The monoisotopic (exact) mass is 550 g/mol. The normalized spacial score (nSPS) is 11.1. The average Bonchev–Trinajstić information content (AvgIpc) is 2.96. The third kappa shape index (κ3) is 9.61. The molecule has 216 valence electrons. The van der Waals surface area contributed by atoms with E-state index in [0.717, 1.165) is 37.7 Å². The molecule has 0 radical (unpaired) electrons. The van der Waals surface area contributed by atoms with Gasteiger partial charge in [-0.15, -0.1) is 0 Å². The number of rotatable bonds is 17. The molecule has 40 heavy (non-hydrogen) atoms. The highest BCUT2D eigenvalue weighted by Gasteiger charge is 2.23. The van der Waals surface area contributed by atoms with Gasteiger partial charge in [-0.3, -0.25) is 14.4 Å². The van der Waals surface area contributed by atoms with Crippen LogP contribution in [0.15, 0.2) is 64.0 Å². The molecule has 0 aliphatic carbocycles. The Kier molecular flexibility index (Phi) is 12.9. The summed E-state index contributed by atoms with van der Waals surface area (Å²) < 4.78 is 19.2. The Morgan fingerprint density at radius 1 is 0.775 bits per heavy atom. The number of halogens is 1. The first-order valence-corrected chi connectivity index (χ1v) is 14.7. The predicted molar refractivity (Wildman–Crippen MR) is 157 cm³/mol. The van der Waals surface area contributed by atoms with Crippen LogP contribution >= 0.6 is 0 Å². The molecule has 0 atom stereocenters. The average molecular weight is 551 g/mol. The molecule has 1 aromatic heterocycles. The van der Waals surface area contributed by atoms with E-state index >= 15 is 0 Å². The van der Waals surface area contributed by atoms with Gasteiger partial charge in [-0.05, 0) is 42.7 Å². The summed E-state index contributed by atoms with van der Waals surface area (Å²) in [4.78, 5) is 43.2. The maximum absolute atomic E-state index is 13.7. The number of hydrogen-bond donors (Lipinski definition) is 0. The molecule has 0 unspecified atom stereocenters. The van der Waals surface area contributed by atoms with Gasteiger partial charge in [-0.25, -0.2) is 4.39 Å². The van der Waals surface area contributed by atoms with Gasteiger partial charge in [-0.1, -0.05) is 83.1 Å². The summed E-state index contributed by atoms with van der Waals surface area (Å²) in [6.07, 6.45) is 11.4. The van der Waals surface area contributed by atoms with Crippen LogP contribution in [0.2, 0.25) is 0 Å². The minimum Gasteiger partial charge on any atom is -0.464 e. The summed E-state index contributed by atoms with van der Waals surface area (Å²) in [5.74, 6) is -0.637. The third-order valence-electron chi connectivity index (χ3n) is 7.21. The standard InChI is InChI=1S/C33H43FN2O4/c1-3-5-7-8-9-10-11-16-31(37)35(21-6-4-2)24-32(38)36(22-26-17-19-28(34)20-18-26)23-27-25-40-30-15-13-12-14-29(30)33(27)39/h12-15,17-20,25H,3-11,16,21-24H2,1-2H3. The summed E-state index contributed by atoms with van der Waals surface area (Å²) in [6, 6.07) is 12.9. The highest BCUT2D eigenvalue weighted by Crippen LogP contribution is 2.16. The van der Waals surface area contributed by atoms with E-state index in [1.807, 2.05) is 0 Å². The van der Waals surface area contributed by atoms with Gasteiger partial charge in [0.25, 0.3) is 0 Å². The van der Waals surface area contributed by atoms with Gasteiger partial charge in [-0.2, -0.15) is 0 Å². The molecule has 6 nitrogen and oxygen atoms in total. The zero-order valence-electron chi connectivity index (χ0n) is 24.0. The minimum absolute atomic E-state index is 0.0118. The van der Waals surface area contributed by atoms with Gasteiger partial charge in [0, 0.05) is 19.5 Å². The van der Waals surface area contributed by atoms with Crippen molar-refractivity contribution >= 4 is 22.8 Å². The van der Waals surface area contributed by atoms with Gasteiger partial charge in [0.1, 0.15) is 11.4 Å². The fourth-order valence-corrected chi connectivity index (χ4v) is 4.77. The predicted octanol–water partition coefficient (Wildman–Crippen LogP) is 7.23. The van der Waals surface area contributed by atoms with Crippen LogP contribution in [0.5, 0.6) is 0 Å². The van der Waals surface area contributed by atoms with E-state index in [9.17, 15) is 18.8 Å². The van der Waals surface area contributed by atoms with Crippen LogP contribution < -0.4 is 5.43 Å². The Labute approximate surface area is 237 Å². The summed E-state index contributed by atoms with van der Waals surface area (Å²) in [7, 11) is 0. The Morgan fingerprint density at radius 3 is 2.17 bits per heavy atom. The Hall–Kier alpha value is -3.48. The lowest BCUT2D eigenvalue weighted by Crippen LogP contribution is -2.43. The van der Waals surface area contributed by atoms with Crippen molar-refractivity contribution in [2.45, 2.75) is 91.1 Å². The second kappa shape index (κ2) is 16.6. The topological polar surface area (TPSA) is 70.8 Å². The van der Waals surface area contributed by atoms with Gasteiger partial charge < -0.3 is 14.2 Å². The van der Waals surface area contributed by atoms with E-state index in [-0.39, 0.29) is 42.7 Å². The lowest BCUT2D eigenvalue weighted by Gasteiger charge is -2.28. The van der Waals surface area contributed by atoms with E-state index in [2.05, 4.69) is 13.8 Å². The fourth-order valence-electron chi connectivity index (χ4n) is 4.77. The zero-order chi connectivity index (χ0) is 28.7. The molecule has 2 aromatic carbocycles. The lowest BCUT2D eigenvalue weighted by atomic mass is 10.1. The van der Waals surface area contributed by atoms with Crippen LogP contribution in [0.25, 0.3) is 11.0 Å². The molecule has 1 heterocycles. The maximum atomic E-state index is 13.7. The molecular formula is C33H43FN2O4. The van der Waals surface area contributed by atoms with E-state index in [0.29, 0.717) is 29.5 Å². The smallest absolute Gasteiger partial charge is 0.242 e. The van der Waals surface area contributed by atoms with Crippen molar-refractivity contribution in [2.75, 3.05) is 13.1 Å². The molecule has 0 saturated heterocycles. The van der Waals surface area contributed by atoms with E-state index in [4.69, 9.17) is 4.42 Å². The van der Waals surface area contributed by atoms with E-state index in [1.54, 1.807) is 46.2 Å². The molecule has 3 rings (SSSR count). The highest BCUT2D eigenvalue weighted by molar-refractivity contribution is 5.85. The number of hydrogen-bond acceptors (Lipinski definition) is 4. The summed E-state index contributed by atoms with van der Waals surface area (Å²) in [5.41, 5.74) is 1.36. The second-order valence-electron chi connectivity index (χ2n) is 10.5. The fraction of sp³-hybridized carbons (Fsp3) is 0.485. The van der Waals surface area contributed by atoms with Crippen LogP contribution in [0.4, 0.5) is 4.39 Å². The number of carbonyl (C=O) groups excluding carboxylic acids is 2. The number of amides is 2. The molecule has 0 saturated carbocycles. The lowest BCUT2D eigenvalue weighted by molar-refractivity contribution is -0.141. The molecule has 0 aliphatic heterocycles. The molecule has 0 bridgehead atoms. The van der Waals surface area contributed by atoms with Gasteiger partial charge in [0.15, 0.2) is 5.43 Å². The molecule has 0 spiro atoms. The Bertz CT molecular complexity index is 1270. The van der Waals surface area contributed by atoms with Crippen LogP contribution in [0, 0.1) is 5.82 Å². The highest BCUT2D eigenvalue weighted by atomic mass is 19.1. The van der Waals surface area contributed by atoms with Crippen molar-refractivity contribution in [2.24, 2.45) is 0 Å². The second-order valence-corrected chi connectivity index (χ2v) is 10.5. The van der Waals surface area contributed by atoms with Crippen molar-refractivity contribution in [3.63, 3.8) is 0 Å². The molecule has 0 N–H and O–H groups in total. The van der Waals surface area contributed by atoms with Crippen LogP contribution in [-0.2, 0) is 22.7 Å². The maximum Gasteiger partial charge on any atom is 0.242 e. The molecule has 2 amide bonds. The van der Waals surface area contributed by atoms with Crippen molar-refractivity contribution in [3.05, 3.63) is 82.0 Å². The van der Waals surface area contributed by atoms with Crippen molar-refractivity contribution in [1.29, 1.82) is 0 Å². The SMILES string of the molecule is CCCCCCCCCC(=O)N(CCCC)CC(=O)N(Cc1ccc(F)cc1)Cc1coc2ccccc2c1=O. The quantitative estimate of drug-likeness (QED) is 0.166. The zero-order valence-corrected chi connectivity index (χ0v) is 24.0. The molecule has 3 aromatic rings. The van der Waals surface area contributed by atoms with Gasteiger partial charge in [0.05, 0.1) is 30.3 Å². The van der Waals surface area contributed by atoms with Crippen molar-refractivity contribution in [3.8, 4) is 0 Å². The van der Waals surface area contributed by atoms with Crippen LogP contribution in [0.1, 0.15) is 89.2 Å². The Balaban J connectivity index is 1.73. The van der Waals surface area contributed by atoms with Gasteiger partial charge in [0.2, 0.25) is 11.8 Å². The largest absolute Gasteiger partial charge is 0.464 e. The molecular weight excluding hydrogens is 507 g/mol. The minimum atomic E-state index is -0.362. The van der Waals surface area contributed by atoms with Gasteiger partial charge >= 0.3 is 0 Å². The molecule has 0 aliphatic rings. The number of fused-ring (bicyclic) bond motifs is 1. The van der Waals surface area contributed by atoms with Crippen LogP contribution in [0.3, 0.4) is 0 Å². The Morgan fingerprint density at radius 2 is 1.45 bits per heavy atom. The number of carbonyl (C=O) groups is 2. The van der Waals surface area contributed by atoms with Crippen LogP contribution in [-0.4, -0.2) is 34.7 Å². The number of para-hydroxylation sites is 1. The van der Waals surface area contributed by atoms with Crippen molar-refractivity contribution in [1.82, 2.24) is 9.80 Å². The first kappa shape index (κ1) is 31.1. The summed E-state index contributed by atoms with van der Waals surface area (Å²) in [5, 5.41) is 0.448. The number of nitrogens with zero attached hydrogens (tertiary/aromatic N) is 2. The van der Waals surface area contributed by atoms with E-state index < -0.39 is 0 Å². The summed E-state index contributed by atoms with van der Waals surface area (Å²) in [6.45, 7) is 4.91. The van der Waals surface area contributed by atoms with Crippen molar-refractivity contribution < 1.29 is 18.4 Å². The van der Waals surface area contributed by atoms with E-state index in [1.165, 1.54) is 44.1 Å². The first-order chi connectivity index (χ1) is 19.4. The first-order valence-electron chi connectivity index (χ1n) is 14.7. The summed E-state index contributed by atoms with van der Waals surface area (Å²) >= 11 is 0. The number of unbranched alkanes of at least 4 members (excludes halogenated alkanes) is 7. The third-order valence-corrected chi connectivity index (χ3v) is 7.21. The molecule has 7 heteroatoms. The number of benzene rings is 2. The molecule has 0 fully saturated rings.